The van der Waals surface area contributed by atoms with Crippen molar-refractivity contribution in [3.8, 4) is 0 Å². The van der Waals surface area contributed by atoms with Gasteiger partial charge in [-0.05, 0) is 30.7 Å². The zero-order chi connectivity index (χ0) is 20.1. The number of rotatable bonds is 6. The van der Waals surface area contributed by atoms with E-state index in [1.165, 1.54) is 12.1 Å². The largest absolute Gasteiger partial charge is 0.450 e. The molecule has 0 radical (unpaired) electrons. The van der Waals surface area contributed by atoms with Crippen LogP contribution in [0.2, 0.25) is 5.02 Å². The van der Waals surface area contributed by atoms with E-state index in [2.05, 4.69) is 0 Å². The van der Waals surface area contributed by atoms with Crippen molar-refractivity contribution in [2.24, 2.45) is 0 Å². The van der Waals surface area contributed by atoms with Crippen LogP contribution in [-0.2, 0) is 16.1 Å². The van der Waals surface area contributed by atoms with E-state index in [0.29, 0.717) is 18.1 Å². The van der Waals surface area contributed by atoms with Crippen LogP contribution in [-0.4, -0.2) is 29.9 Å². The van der Waals surface area contributed by atoms with Crippen LogP contribution in [0.4, 0.5) is 0 Å². The molecule has 1 heterocycles. The number of fused-ring (bicyclic) bond motifs is 1. The Morgan fingerprint density at radius 1 is 1.11 bits per heavy atom. The molecule has 0 aliphatic rings. The molecule has 0 saturated heterocycles. The number of carbonyl (C=O) groups is 2. The van der Waals surface area contributed by atoms with E-state index < -0.39 is 18.0 Å². The smallest absolute Gasteiger partial charge is 0.374 e. The molecular weight excluding hydrogens is 382 g/mol. The summed E-state index contributed by atoms with van der Waals surface area (Å²) in [7, 11) is 0. The number of carbonyl (C=O) groups excluding carboxylic acids is 2. The number of likely N-dealkylation sites (N-methyl/N-ethyl adjacent to an activating group) is 1. The lowest BCUT2D eigenvalue weighted by atomic mass is 10.2. The van der Waals surface area contributed by atoms with Gasteiger partial charge in [-0.15, -0.1) is 0 Å². The molecule has 0 atom stereocenters. The average molecular weight is 400 g/mol. The predicted molar refractivity (Wildman–Crippen MR) is 105 cm³/mol. The molecule has 6 nitrogen and oxygen atoms in total. The third kappa shape index (κ3) is 4.58. The van der Waals surface area contributed by atoms with Crippen LogP contribution in [0.25, 0.3) is 11.0 Å². The van der Waals surface area contributed by atoms with Crippen LogP contribution in [0.5, 0.6) is 0 Å². The summed E-state index contributed by atoms with van der Waals surface area (Å²) in [4.78, 5) is 38.3. The molecule has 3 rings (SSSR count). The van der Waals surface area contributed by atoms with E-state index in [4.69, 9.17) is 20.8 Å². The van der Waals surface area contributed by atoms with Gasteiger partial charge < -0.3 is 14.1 Å². The van der Waals surface area contributed by atoms with Crippen LogP contribution in [0.1, 0.15) is 23.0 Å². The summed E-state index contributed by atoms with van der Waals surface area (Å²) in [6, 6.07) is 15.1. The van der Waals surface area contributed by atoms with Gasteiger partial charge >= 0.3 is 5.97 Å². The molecule has 0 aliphatic carbocycles. The fourth-order valence-corrected chi connectivity index (χ4v) is 2.87. The van der Waals surface area contributed by atoms with E-state index in [1.807, 2.05) is 37.3 Å². The highest BCUT2D eigenvalue weighted by Gasteiger charge is 2.18. The molecule has 7 heteroatoms. The summed E-state index contributed by atoms with van der Waals surface area (Å²) < 4.78 is 10.5. The molecule has 1 aromatic heterocycles. The van der Waals surface area contributed by atoms with Gasteiger partial charge in [-0.3, -0.25) is 9.59 Å². The summed E-state index contributed by atoms with van der Waals surface area (Å²) in [6.07, 6.45) is 0. The first kappa shape index (κ1) is 19.6. The number of amides is 1. The Morgan fingerprint density at radius 2 is 1.86 bits per heavy atom. The first-order chi connectivity index (χ1) is 13.5. The number of halogens is 1. The Labute approximate surface area is 166 Å². The molecule has 2 aromatic carbocycles. The number of benzene rings is 2. The van der Waals surface area contributed by atoms with Gasteiger partial charge in [-0.25, -0.2) is 4.79 Å². The maximum absolute atomic E-state index is 12.4. The molecule has 0 saturated carbocycles. The number of hydrogen-bond donors (Lipinski definition) is 0. The minimum atomic E-state index is -0.877. The molecule has 0 bridgehead atoms. The van der Waals surface area contributed by atoms with Crippen LogP contribution < -0.4 is 5.43 Å². The van der Waals surface area contributed by atoms with Crippen molar-refractivity contribution in [2.75, 3.05) is 13.2 Å². The molecule has 144 valence electrons. The molecule has 0 aliphatic heterocycles. The minimum absolute atomic E-state index is 0.217. The fraction of sp³-hybridized carbons (Fsp3) is 0.190. The number of nitrogens with zero attached hydrogens (tertiary/aromatic N) is 1. The van der Waals surface area contributed by atoms with Crippen molar-refractivity contribution in [2.45, 2.75) is 13.5 Å². The number of hydrogen-bond acceptors (Lipinski definition) is 5. The quantitative estimate of drug-likeness (QED) is 0.591. The Kier molecular flexibility index (Phi) is 6.11. The molecule has 1 amide bonds. The van der Waals surface area contributed by atoms with Crippen molar-refractivity contribution in [1.82, 2.24) is 4.90 Å². The SMILES string of the molecule is CCN(Cc1ccccc1)C(=O)COC(=O)c1cc(=O)c2cc(Cl)ccc2o1. The molecule has 28 heavy (non-hydrogen) atoms. The van der Waals surface area contributed by atoms with Gasteiger partial charge in [0.25, 0.3) is 5.91 Å². The van der Waals surface area contributed by atoms with Crippen molar-refractivity contribution in [3.63, 3.8) is 0 Å². The average Bonchev–Trinajstić information content (AvgIpc) is 2.71. The van der Waals surface area contributed by atoms with Crippen LogP contribution in [0.15, 0.2) is 63.8 Å². The Morgan fingerprint density at radius 3 is 2.57 bits per heavy atom. The normalized spacial score (nSPS) is 10.6. The van der Waals surface area contributed by atoms with E-state index in [-0.39, 0.29) is 22.6 Å². The molecule has 0 unspecified atom stereocenters. The summed E-state index contributed by atoms with van der Waals surface area (Å²) in [5.41, 5.74) is 0.777. The highest BCUT2D eigenvalue weighted by molar-refractivity contribution is 6.31. The van der Waals surface area contributed by atoms with Crippen molar-refractivity contribution >= 4 is 34.4 Å². The van der Waals surface area contributed by atoms with Crippen LogP contribution >= 0.6 is 11.6 Å². The highest BCUT2D eigenvalue weighted by atomic mass is 35.5. The van der Waals surface area contributed by atoms with Gasteiger partial charge in [0.15, 0.2) is 12.0 Å². The number of ether oxygens (including phenoxy) is 1. The second-order valence-corrected chi connectivity index (χ2v) is 6.52. The van der Waals surface area contributed by atoms with Gasteiger partial charge in [0, 0.05) is 24.2 Å². The summed E-state index contributed by atoms with van der Waals surface area (Å²) >= 11 is 5.86. The second-order valence-electron chi connectivity index (χ2n) is 6.09. The number of esters is 1. The third-order valence-corrected chi connectivity index (χ3v) is 4.40. The van der Waals surface area contributed by atoms with Crippen molar-refractivity contribution in [3.05, 3.63) is 81.2 Å². The molecule has 3 aromatic rings. The van der Waals surface area contributed by atoms with E-state index >= 15 is 0 Å². The van der Waals surface area contributed by atoms with Gasteiger partial charge in [0.2, 0.25) is 5.76 Å². The molecule has 0 fully saturated rings. The van der Waals surface area contributed by atoms with Crippen molar-refractivity contribution < 1.29 is 18.7 Å². The Bertz CT molecular complexity index is 1060. The van der Waals surface area contributed by atoms with Gasteiger partial charge in [-0.2, -0.15) is 0 Å². The first-order valence-corrected chi connectivity index (χ1v) is 9.08. The fourth-order valence-electron chi connectivity index (χ4n) is 2.70. The summed E-state index contributed by atoms with van der Waals surface area (Å²) in [5.74, 6) is -1.48. The third-order valence-electron chi connectivity index (χ3n) is 4.17. The topological polar surface area (TPSA) is 76.8 Å². The second kappa shape index (κ2) is 8.71. The lowest BCUT2D eigenvalue weighted by Gasteiger charge is -2.20. The summed E-state index contributed by atoms with van der Waals surface area (Å²) in [6.45, 7) is 2.29. The Balaban J connectivity index is 1.67. The van der Waals surface area contributed by atoms with Gasteiger partial charge in [0.05, 0.1) is 5.39 Å². The van der Waals surface area contributed by atoms with Gasteiger partial charge in [0.1, 0.15) is 5.58 Å². The standard InChI is InChI=1S/C21H18ClNO5/c1-2-23(12-14-6-4-3-5-7-14)20(25)13-27-21(26)19-11-17(24)16-10-15(22)8-9-18(16)28-19/h3-11H,2,12-13H2,1H3. The lowest BCUT2D eigenvalue weighted by molar-refractivity contribution is -0.135. The maximum atomic E-state index is 12.4. The lowest BCUT2D eigenvalue weighted by Crippen LogP contribution is -2.34. The molecular formula is C21H18ClNO5. The maximum Gasteiger partial charge on any atom is 0.374 e. The van der Waals surface area contributed by atoms with E-state index in [0.717, 1.165) is 11.6 Å². The summed E-state index contributed by atoms with van der Waals surface area (Å²) in [5, 5.41) is 0.652. The molecule has 0 spiro atoms. The van der Waals surface area contributed by atoms with Gasteiger partial charge in [-0.1, -0.05) is 41.9 Å². The van der Waals surface area contributed by atoms with E-state index in [1.54, 1.807) is 11.0 Å². The van der Waals surface area contributed by atoms with Crippen LogP contribution in [0, 0.1) is 0 Å². The first-order valence-electron chi connectivity index (χ1n) is 8.70. The Hall–Kier alpha value is -3.12. The zero-order valence-corrected chi connectivity index (χ0v) is 15.9. The predicted octanol–water partition coefficient (Wildman–Crippen LogP) is 3.65. The minimum Gasteiger partial charge on any atom is -0.450 e. The molecule has 0 N–H and O–H groups in total. The van der Waals surface area contributed by atoms with Crippen molar-refractivity contribution in [1.29, 1.82) is 0 Å². The van der Waals surface area contributed by atoms with Crippen LogP contribution in [0.3, 0.4) is 0 Å². The highest BCUT2D eigenvalue weighted by Crippen LogP contribution is 2.18. The zero-order valence-electron chi connectivity index (χ0n) is 15.2. The van der Waals surface area contributed by atoms with E-state index in [9.17, 15) is 14.4 Å². The monoisotopic (exact) mass is 399 g/mol.